The standard InChI is InChI=1S/C11H20N4O/c1-15-5-4-13-11(15)8-10(14-12)9-2-6-16-7-3-9/h4-5,9-10,14H,2-3,6-8,12H2,1H3. The van der Waals surface area contributed by atoms with E-state index in [2.05, 4.69) is 10.4 Å². The van der Waals surface area contributed by atoms with Crippen LogP contribution in [0.2, 0.25) is 0 Å². The Kier molecular flexibility index (Phi) is 3.93. The van der Waals surface area contributed by atoms with Crippen molar-refractivity contribution in [3.63, 3.8) is 0 Å². The molecule has 2 rings (SSSR count). The van der Waals surface area contributed by atoms with Crippen molar-refractivity contribution in [1.82, 2.24) is 15.0 Å². The van der Waals surface area contributed by atoms with Crippen molar-refractivity contribution in [3.8, 4) is 0 Å². The molecule has 0 bridgehead atoms. The van der Waals surface area contributed by atoms with Crippen LogP contribution in [-0.2, 0) is 18.2 Å². The van der Waals surface area contributed by atoms with Gasteiger partial charge >= 0.3 is 0 Å². The molecule has 1 aliphatic rings. The Morgan fingerprint density at radius 3 is 2.94 bits per heavy atom. The Morgan fingerprint density at radius 1 is 1.62 bits per heavy atom. The fourth-order valence-corrected chi connectivity index (χ4v) is 2.27. The van der Waals surface area contributed by atoms with Crippen LogP contribution in [0.25, 0.3) is 0 Å². The van der Waals surface area contributed by atoms with Crippen molar-refractivity contribution in [1.29, 1.82) is 0 Å². The van der Waals surface area contributed by atoms with Crippen molar-refractivity contribution >= 4 is 0 Å². The molecule has 0 saturated carbocycles. The van der Waals surface area contributed by atoms with E-state index in [0.717, 1.165) is 38.3 Å². The van der Waals surface area contributed by atoms with Gasteiger partial charge in [0.15, 0.2) is 0 Å². The Hall–Kier alpha value is -0.910. The van der Waals surface area contributed by atoms with Crippen LogP contribution in [0.15, 0.2) is 12.4 Å². The van der Waals surface area contributed by atoms with E-state index in [0.29, 0.717) is 12.0 Å². The number of rotatable bonds is 4. The first-order chi connectivity index (χ1) is 7.81. The molecule has 5 nitrogen and oxygen atoms in total. The zero-order chi connectivity index (χ0) is 11.4. The van der Waals surface area contributed by atoms with Crippen LogP contribution in [0.3, 0.4) is 0 Å². The van der Waals surface area contributed by atoms with Crippen LogP contribution in [-0.4, -0.2) is 28.8 Å². The lowest BCUT2D eigenvalue weighted by Gasteiger charge is -2.29. The molecule has 90 valence electrons. The molecule has 0 radical (unpaired) electrons. The summed E-state index contributed by atoms with van der Waals surface area (Å²) >= 11 is 0. The van der Waals surface area contributed by atoms with Gasteiger partial charge in [-0.25, -0.2) is 4.98 Å². The van der Waals surface area contributed by atoms with Crippen LogP contribution >= 0.6 is 0 Å². The summed E-state index contributed by atoms with van der Waals surface area (Å²) in [4.78, 5) is 4.33. The number of aryl methyl sites for hydroxylation is 1. The maximum atomic E-state index is 5.64. The normalized spacial score (nSPS) is 19.9. The number of imidazole rings is 1. The van der Waals surface area contributed by atoms with Gasteiger partial charge in [0.05, 0.1) is 0 Å². The summed E-state index contributed by atoms with van der Waals surface area (Å²) in [6.07, 6.45) is 6.84. The highest BCUT2D eigenvalue weighted by Gasteiger charge is 2.24. The lowest BCUT2D eigenvalue weighted by Crippen LogP contribution is -2.44. The van der Waals surface area contributed by atoms with Gasteiger partial charge in [-0.15, -0.1) is 0 Å². The topological polar surface area (TPSA) is 65.1 Å². The minimum atomic E-state index is 0.296. The third-order valence-electron chi connectivity index (χ3n) is 3.37. The summed E-state index contributed by atoms with van der Waals surface area (Å²) in [5, 5.41) is 0. The van der Waals surface area contributed by atoms with Gasteiger partial charge in [0.25, 0.3) is 0 Å². The number of aromatic nitrogens is 2. The second-order valence-corrected chi connectivity index (χ2v) is 4.38. The number of nitrogens with two attached hydrogens (primary N) is 1. The molecule has 1 aromatic heterocycles. The Balaban J connectivity index is 1.97. The highest BCUT2D eigenvalue weighted by atomic mass is 16.5. The molecule has 1 atom stereocenters. The Bertz CT molecular complexity index is 320. The first kappa shape index (κ1) is 11.6. The second-order valence-electron chi connectivity index (χ2n) is 4.38. The van der Waals surface area contributed by atoms with Gasteiger partial charge < -0.3 is 9.30 Å². The van der Waals surface area contributed by atoms with E-state index in [1.54, 1.807) is 0 Å². The van der Waals surface area contributed by atoms with E-state index in [1.807, 2.05) is 24.0 Å². The van der Waals surface area contributed by atoms with Gasteiger partial charge in [-0.2, -0.15) is 0 Å². The molecule has 0 aromatic carbocycles. The number of nitrogens with one attached hydrogen (secondary N) is 1. The van der Waals surface area contributed by atoms with Gasteiger partial charge in [0, 0.05) is 45.1 Å². The minimum Gasteiger partial charge on any atom is -0.381 e. The van der Waals surface area contributed by atoms with Crippen LogP contribution in [0, 0.1) is 5.92 Å². The van der Waals surface area contributed by atoms with Crippen molar-refractivity contribution in [2.45, 2.75) is 25.3 Å². The van der Waals surface area contributed by atoms with Gasteiger partial charge in [-0.05, 0) is 18.8 Å². The van der Waals surface area contributed by atoms with E-state index in [1.165, 1.54) is 0 Å². The van der Waals surface area contributed by atoms with Crippen LogP contribution < -0.4 is 11.3 Å². The van der Waals surface area contributed by atoms with Crippen molar-refractivity contribution < 1.29 is 4.74 Å². The summed E-state index contributed by atoms with van der Waals surface area (Å²) < 4.78 is 7.41. The zero-order valence-corrected chi connectivity index (χ0v) is 9.72. The molecule has 16 heavy (non-hydrogen) atoms. The number of ether oxygens (including phenoxy) is 1. The van der Waals surface area contributed by atoms with Crippen molar-refractivity contribution in [2.75, 3.05) is 13.2 Å². The maximum absolute atomic E-state index is 5.64. The predicted octanol–water partition coefficient (Wildman–Crippen LogP) is 0.221. The molecule has 1 fully saturated rings. The van der Waals surface area contributed by atoms with Gasteiger partial charge in [0.2, 0.25) is 0 Å². The van der Waals surface area contributed by atoms with Crippen LogP contribution in [0.5, 0.6) is 0 Å². The third kappa shape index (κ3) is 2.61. The molecular formula is C11H20N4O. The minimum absolute atomic E-state index is 0.296. The molecule has 0 amide bonds. The Labute approximate surface area is 96.0 Å². The summed E-state index contributed by atoms with van der Waals surface area (Å²) in [5.74, 6) is 7.31. The van der Waals surface area contributed by atoms with Crippen molar-refractivity contribution in [3.05, 3.63) is 18.2 Å². The molecule has 5 heteroatoms. The highest BCUT2D eigenvalue weighted by molar-refractivity contribution is 4.96. The second kappa shape index (κ2) is 5.43. The molecule has 0 spiro atoms. The molecule has 3 N–H and O–H groups in total. The molecule has 2 heterocycles. The number of hydrazine groups is 1. The van der Waals surface area contributed by atoms with Crippen LogP contribution in [0.1, 0.15) is 18.7 Å². The molecule has 0 aliphatic carbocycles. The van der Waals surface area contributed by atoms with Gasteiger partial charge in [-0.3, -0.25) is 11.3 Å². The molecule has 1 aromatic rings. The van der Waals surface area contributed by atoms with Crippen molar-refractivity contribution in [2.24, 2.45) is 18.8 Å². The fraction of sp³-hybridized carbons (Fsp3) is 0.727. The van der Waals surface area contributed by atoms with Gasteiger partial charge in [0.1, 0.15) is 5.82 Å². The predicted molar refractivity (Wildman–Crippen MR) is 61.6 cm³/mol. The molecule has 1 unspecified atom stereocenters. The first-order valence-electron chi connectivity index (χ1n) is 5.81. The lowest BCUT2D eigenvalue weighted by molar-refractivity contribution is 0.0534. The average Bonchev–Trinajstić information content (AvgIpc) is 2.73. The number of nitrogens with zero attached hydrogens (tertiary/aromatic N) is 2. The summed E-state index contributed by atoms with van der Waals surface area (Å²) in [6, 6.07) is 0.296. The summed E-state index contributed by atoms with van der Waals surface area (Å²) in [7, 11) is 2.01. The smallest absolute Gasteiger partial charge is 0.109 e. The quantitative estimate of drug-likeness (QED) is 0.567. The molecular weight excluding hydrogens is 204 g/mol. The van der Waals surface area contributed by atoms with Crippen LogP contribution in [0.4, 0.5) is 0 Å². The maximum Gasteiger partial charge on any atom is 0.109 e. The van der Waals surface area contributed by atoms with E-state index in [4.69, 9.17) is 10.6 Å². The van der Waals surface area contributed by atoms with E-state index >= 15 is 0 Å². The lowest BCUT2D eigenvalue weighted by atomic mass is 9.90. The number of hydrogen-bond acceptors (Lipinski definition) is 4. The van der Waals surface area contributed by atoms with E-state index in [9.17, 15) is 0 Å². The van der Waals surface area contributed by atoms with Gasteiger partial charge in [-0.1, -0.05) is 0 Å². The fourth-order valence-electron chi connectivity index (χ4n) is 2.27. The Morgan fingerprint density at radius 2 is 2.38 bits per heavy atom. The first-order valence-corrected chi connectivity index (χ1v) is 5.81. The summed E-state index contributed by atoms with van der Waals surface area (Å²) in [6.45, 7) is 1.70. The molecule has 1 saturated heterocycles. The SMILES string of the molecule is Cn1ccnc1CC(NN)C1CCOCC1. The average molecular weight is 224 g/mol. The highest BCUT2D eigenvalue weighted by Crippen LogP contribution is 2.20. The third-order valence-corrected chi connectivity index (χ3v) is 3.37. The monoisotopic (exact) mass is 224 g/mol. The van der Waals surface area contributed by atoms with E-state index < -0.39 is 0 Å². The molecule has 1 aliphatic heterocycles. The summed E-state index contributed by atoms with van der Waals surface area (Å²) in [5.41, 5.74) is 2.93. The largest absolute Gasteiger partial charge is 0.381 e. The number of hydrogen-bond donors (Lipinski definition) is 2. The zero-order valence-electron chi connectivity index (χ0n) is 9.72. The van der Waals surface area contributed by atoms with E-state index in [-0.39, 0.29) is 0 Å².